The fourth-order valence-corrected chi connectivity index (χ4v) is 3.06. The molecule has 0 unspecified atom stereocenters. The Morgan fingerprint density at radius 3 is 2.88 bits per heavy atom. The molecule has 2 N–H and O–H groups in total. The topological polar surface area (TPSA) is 51.8 Å². The fraction of sp³-hybridized carbons (Fsp3) is 0. The SMILES string of the molecule is Nc1c(Sc2ccccn2)ccc2scnc12. The van der Waals surface area contributed by atoms with Gasteiger partial charge in [0.25, 0.3) is 0 Å². The van der Waals surface area contributed by atoms with E-state index in [-0.39, 0.29) is 0 Å². The molecule has 84 valence electrons. The van der Waals surface area contributed by atoms with Gasteiger partial charge in [-0.05, 0) is 24.3 Å². The minimum atomic E-state index is 0.736. The minimum absolute atomic E-state index is 0.736. The smallest absolute Gasteiger partial charge is 0.105 e. The Kier molecular flexibility index (Phi) is 2.70. The molecule has 0 bridgehead atoms. The lowest BCUT2D eigenvalue weighted by atomic mass is 10.3. The van der Waals surface area contributed by atoms with E-state index in [2.05, 4.69) is 16.0 Å². The lowest BCUT2D eigenvalue weighted by Gasteiger charge is -2.04. The van der Waals surface area contributed by atoms with Crippen LogP contribution in [-0.4, -0.2) is 9.97 Å². The highest BCUT2D eigenvalue weighted by atomic mass is 32.2. The second-order valence-electron chi connectivity index (χ2n) is 3.45. The van der Waals surface area contributed by atoms with Crippen LogP contribution in [-0.2, 0) is 0 Å². The van der Waals surface area contributed by atoms with E-state index >= 15 is 0 Å². The van der Waals surface area contributed by atoms with Gasteiger partial charge in [-0.1, -0.05) is 17.8 Å². The van der Waals surface area contributed by atoms with Crippen molar-refractivity contribution in [2.24, 2.45) is 0 Å². The summed E-state index contributed by atoms with van der Waals surface area (Å²) in [6.45, 7) is 0. The highest BCUT2D eigenvalue weighted by Crippen LogP contribution is 2.35. The van der Waals surface area contributed by atoms with Gasteiger partial charge in [0.2, 0.25) is 0 Å². The van der Waals surface area contributed by atoms with Gasteiger partial charge in [-0.3, -0.25) is 0 Å². The molecular weight excluding hydrogens is 250 g/mol. The normalized spacial score (nSPS) is 10.8. The zero-order valence-electron chi connectivity index (χ0n) is 8.83. The molecule has 0 atom stereocenters. The number of anilines is 1. The minimum Gasteiger partial charge on any atom is -0.396 e. The first-order valence-corrected chi connectivity index (χ1v) is 6.75. The van der Waals surface area contributed by atoms with Crippen LogP contribution in [0.3, 0.4) is 0 Å². The third-order valence-electron chi connectivity index (χ3n) is 2.35. The predicted molar refractivity (Wildman–Crippen MR) is 72.4 cm³/mol. The fourth-order valence-electron chi connectivity index (χ4n) is 1.54. The number of fused-ring (bicyclic) bond motifs is 1. The number of benzene rings is 1. The third kappa shape index (κ3) is 1.99. The van der Waals surface area contributed by atoms with Crippen LogP contribution in [0.25, 0.3) is 10.2 Å². The van der Waals surface area contributed by atoms with Gasteiger partial charge in [0.05, 0.1) is 15.9 Å². The summed E-state index contributed by atoms with van der Waals surface area (Å²) in [5.41, 5.74) is 9.54. The van der Waals surface area contributed by atoms with Crippen LogP contribution >= 0.6 is 23.1 Å². The standard InChI is InChI=1S/C12H9N3S2/c13-11-8(17-10-3-1-2-6-14-10)4-5-9-12(11)15-7-16-9/h1-7H,13H2. The lowest BCUT2D eigenvalue weighted by Crippen LogP contribution is -1.90. The summed E-state index contributed by atoms with van der Waals surface area (Å²) in [7, 11) is 0. The van der Waals surface area contributed by atoms with Crippen LogP contribution in [0.5, 0.6) is 0 Å². The summed E-state index contributed by atoms with van der Waals surface area (Å²) < 4.78 is 1.12. The van der Waals surface area contributed by atoms with Crippen molar-refractivity contribution >= 4 is 39.0 Å². The Bertz CT molecular complexity index is 649. The Morgan fingerprint density at radius 2 is 2.06 bits per heavy atom. The van der Waals surface area contributed by atoms with Gasteiger partial charge in [0.1, 0.15) is 10.5 Å². The molecule has 0 saturated heterocycles. The van der Waals surface area contributed by atoms with Gasteiger partial charge in [-0.2, -0.15) is 0 Å². The van der Waals surface area contributed by atoms with E-state index in [1.165, 1.54) is 0 Å². The zero-order valence-corrected chi connectivity index (χ0v) is 10.5. The van der Waals surface area contributed by atoms with Gasteiger partial charge < -0.3 is 5.73 Å². The van der Waals surface area contributed by atoms with Crippen LogP contribution in [0.4, 0.5) is 5.69 Å². The average molecular weight is 259 g/mol. The van der Waals surface area contributed by atoms with Crippen molar-refractivity contribution in [1.29, 1.82) is 0 Å². The number of pyridine rings is 1. The number of aromatic nitrogens is 2. The van der Waals surface area contributed by atoms with Crippen molar-refractivity contribution < 1.29 is 0 Å². The summed E-state index contributed by atoms with van der Waals surface area (Å²) in [5.74, 6) is 0. The first kappa shape index (κ1) is 10.6. The van der Waals surface area contributed by atoms with Gasteiger partial charge in [0.15, 0.2) is 0 Å². The monoisotopic (exact) mass is 259 g/mol. The quantitative estimate of drug-likeness (QED) is 0.716. The van der Waals surface area contributed by atoms with Crippen LogP contribution < -0.4 is 5.73 Å². The highest BCUT2D eigenvalue weighted by Gasteiger charge is 2.08. The second-order valence-corrected chi connectivity index (χ2v) is 5.40. The maximum absolute atomic E-state index is 6.11. The maximum Gasteiger partial charge on any atom is 0.105 e. The molecule has 3 aromatic rings. The number of nitrogens with zero attached hydrogens (tertiary/aromatic N) is 2. The van der Waals surface area contributed by atoms with Gasteiger partial charge in [-0.15, -0.1) is 11.3 Å². The van der Waals surface area contributed by atoms with Crippen LogP contribution in [0, 0.1) is 0 Å². The predicted octanol–water partition coefficient (Wildman–Crippen LogP) is 3.42. The van der Waals surface area contributed by atoms with E-state index in [0.29, 0.717) is 0 Å². The number of hydrogen-bond acceptors (Lipinski definition) is 5. The number of nitrogens with two attached hydrogens (primary N) is 1. The number of hydrogen-bond donors (Lipinski definition) is 1. The summed E-state index contributed by atoms with van der Waals surface area (Å²) in [5, 5.41) is 0.939. The molecule has 0 saturated carbocycles. The molecular formula is C12H9N3S2. The van der Waals surface area contributed by atoms with Gasteiger partial charge in [0, 0.05) is 11.1 Å². The van der Waals surface area contributed by atoms with Crippen LogP contribution in [0.2, 0.25) is 0 Å². The van der Waals surface area contributed by atoms with Gasteiger partial charge >= 0.3 is 0 Å². The van der Waals surface area contributed by atoms with E-state index < -0.39 is 0 Å². The number of rotatable bonds is 2. The van der Waals surface area contributed by atoms with Crippen molar-refractivity contribution in [2.45, 2.75) is 9.92 Å². The molecule has 0 aliphatic carbocycles. The van der Waals surface area contributed by atoms with E-state index in [1.807, 2.05) is 29.8 Å². The number of thiazole rings is 1. The van der Waals surface area contributed by atoms with Crippen molar-refractivity contribution in [3.05, 3.63) is 42.0 Å². The zero-order chi connectivity index (χ0) is 11.7. The van der Waals surface area contributed by atoms with Crippen LogP contribution in [0.15, 0.2) is 52.0 Å². The molecule has 3 rings (SSSR count). The molecule has 0 amide bonds. The van der Waals surface area contributed by atoms with E-state index in [0.717, 1.165) is 25.8 Å². The molecule has 2 heterocycles. The molecule has 3 nitrogen and oxygen atoms in total. The molecule has 0 fully saturated rings. The molecule has 0 radical (unpaired) electrons. The van der Waals surface area contributed by atoms with E-state index in [1.54, 1.807) is 29.3 Å². The highest BCUT2D eigenvalue weighted by molar-refractivity contribution is 7.99. The average Bonchev–Trinajstić information content (AvgIpc) is 2.83. The second kappa shape index (κ2) is 4.35. The molecule has 5 heteroatoms. The van der Waals surface area contributed by atoms with Gasteiger partial charge in [-0.25, -0.2) is 9.97 Å². The lowest BCUT2D eigenvalue weighted by molar-refractivity contribution is 1.13. The Balaban J connectivity index is 2.03. The van der Waals surface area contributed by atoms with Crippen LogP contribution in [0.1, 0.15) is 0 Å². The Morgan fingerprint density at radius 1 is 1.12 bits per heavy atom. The summed E-state index contributed by atoms with van der Waals surface area (Å²) in [6.07, 6.45) is 1.78. The molecule has 1 aromatic carbocycles. The molecule has 0 spiro atoms. The Hall–Kier alpha value is -1.59. The van der Waals surface area contributed by atoms with Crippen molar-refractivity contribution in [3.8, 4) is 0 Å². The molecule has 2 aromatic heterocycles. The van der Waals surface area contributed by atoms with Crippen molar-refractivity contribution in [2.75, 3.05) is 5.73 Å². The number of nitrogen functional groups attached to an aromatic ring is 1. The summed E-state index contributed by atoms with van der Waals surface area (Å²) in [4.78, 5) is 9.55. The summed E-state index contributed by atoms with van der Waals surface area (Å²) in [6, 6.07) is 9.91. The van der Waals surface area contributed by atoms with Crippen molar-refractivity contribution in [1.82, 2.24) is 9.97 Å². The molecule has 0 aliphatic rings. The van der Waals surface area contributed by atoms with E-state index in [9.17, 15) is 0 Å². The summed E-state index contributed by atoms with van der Waals surface area (Å²) >= 11 is 3.16. The third-order valence-corrected chi connectivity index (χ3v) is 4.17. The van der Waals surface area contributed by atoms with Crippen molar-refractivity contribution in [3.63, 3.8) is 0 Å². The molecule has 17 heavy (non-hydrogen) atoms. The largest absolute Gasteiger partial charge is 0.396 e. The first-order valence-electron chi connectivity index (χ1n) is 5.05. The molecule has 0 aliphatic heterocycles. The van der Waals surface area contributed by atoms with E-state index in [4.69, 9.17) is 5.73 Å². The Labute approximate surface area is 107 Å². The first-order chi connectivity index (χ1) is 8.34. The maximum atomic E-state index is 6.11.